The summed E-state index contributed by atoms with van der Waals surface area (Å²) < 4.78 is 24.3. The molecule has 1 N–H and O–H groups in total. The van der Waals surface area contributed by atoms with Crippen LogP contribution in [0.25, 0.3) is 26.3 Å². The van der Waals surface area contributed by atoms with Crippen molar-refractivity contribution >= 4 is 46.1 Å². The first-order chi connectivity index (χ1) is 20.6. The van der Waals surface area contributed by atoms with Crippen molar-refractivity contribution in [3.05, 3.63) is 64.0 Å². The summed E-state index contributed by atoms with van der Waals surface area (Å²) in [6, 6.07) is 17.0. The third kappa shape index (κ3) is 4.37. The van der Waals surface area contributed by atoms with Crippen LogP contribution in [0, 0.1) is 11.3 Å². The van der Waals surface area contributed by atoms with Gasteiger partial charge >= 0.3 is 5.97 Å². The molecule has 0 spiro atoms. The average molecular weight is 599 g/mol. The fourth-order valence-electron chi connectivity index (χ4n) is 5.70. The number of carboxylic acid groups (broad SMARTS) is 1. The Morgan fingerprint density at radius 3 is 2.21 bits per heavy atom. The van der Waals surface area contributed by atoms with Crippen molar-refractivity contribution in [1.29, 1.82) is 5.26 Å². The molecule has 0 saturated heterocycles. The zero-order valence-electron chi connectivity index (χ0n) is 22.8. The van der Waals surface area contributed by atoms with Gasteiger partial charge in [-0.05, 0) is 60.7 Å². The number of aliphatic carboxylic acids is 1. The van der Waals surface area contributed by atoms with E-state index in [-0.39, 0.29) is 5.57 Å². The van der Waals surface area contributed by atoms with E-state index in [1.54, 1.807) is 17.4 Å². The lowest BCUT2D eigenvalue weighted by molar-refractivity contribution is -0.132. The highest BCUT2D eigenvalue weighted by Gasteiger charge is 2.33. The number of benzene rings is 2. The summed E-state index contributed by atoms with van der Waals surface area (Å²) >= 11 is 2.88. The number of ether oxygens (including phenoxy) is 4. The van der Waals surface area contributed by atoms with E-state index in [2.05, 4.69) is 54.3 Å². The number of anilines is 2. The molecule has 212 valence electrons. The van der Waals surface area contributed by atoms with Crippen molar-refractivity contribution in [2.24, 2.45) is 0 Å². The number of carboxylic acids is 1. The highest BCUT2D eigenvalue weighted by molar-refractivity contribution is 7.25. The standard InChI is InChI=1S/C32H26N2O6S2/c1-2-34-22-6-4-3-5-18(22)7-8-19-15-20(9-10-23(19)34)29-27-28(40-14-13-39-27)31(42-29)30-26-25(37-11-12-38-26)24(41-30)16-21(17-33)32(35)36/h3-6,9-10,15-16H,2,7-8,11-14H2,1H3,(H,35,36)/b21-16+. The molecule has 0 fully saturated rings. The Hall–Kier alpha value is -4.46. The number of nitrogens with zero attached hydrogens (tertiary/aromatic N) is 2. The zero-order valence-corrected chi connectivity index (χ0v) is 24.4. The lowest BCUT2D eigenvalue weighted by Crippen LogP contribution is -2.17. The van der Waals surface area contributed by atoms with Gasteiger partial charge in [0.25, 0.3) is 0 Å². The quantitative estimate of drug-likeness (QED) is 0.195. The summed E-state index contributed by atoms with van der Waals surface area (Å²) in [6.45, 7) is 4.61. The monoisotopic (exact) mass is 598 g/mol. The number of para-hydroxylation sites is 1. The van der Waals surface area contributed by atoms with Gasteiger partial charge < -0.3 is 29.0 Å². The van der Waals surface area contributed by atoms with Crippen LogP contribution >= 0.6 is 22.7 Å². The van der Waals surface area contributed by atoms with Crippen molar-refractivity contribution < 1.29 is 28.8 Å². The van der Waals surface area contributed by atoms with E-state index in [9.17, 15) is 15.2 Å². The van der Waals surface area contributed by atoms with Crippen molar-refractivity contribution in [1.82, 2.24) is 0 Å². The molecule has 0 atom stereocenters. The molecule has 0 amide bonds. The maximum atomic E-state index is 11.6. The molecule has 4 aromatic rings. The van der Waals surface area contributed by atoms with Crippen molar-refractivity contribution in [2.45, 2.75) is 19.8 Å². The molecule has 3 aliphatic rings. The van der Waals surface area contributed by atoms with Crippen LogP contribution in [-0.4, -0.2) is 44.0 Å². The Balaban J connectivity index is 1.35. The number of fused-ring (bicyclic) bond motifs is 4. The summed E-state index contributed by atoms with van der Waals surface area (Å²) in [5, 5.41) is 18.8. The van der Waals surface area contributed by atoms with Crippen LogP contribution in [0.15, 0.2) is 48.0 Å². The minimum Gasteiger partial charge on any atom is -0.485 e. The molecular weight excluding hydrogens is 572 g/mol. The van der Waals surface area contributed by atoms with E-state index in [1.807, 2.05) is 0 Å². The van der Waals surface area contributed by atoms with Gasteiger partial charge in [0.1, 0.15) is 38.1 Å². The molecule has 42 heavy (non-hydrogen) atoms. The minimum atomic E-state index is -1.29. The summed E-state index contributed by atoms with van der Waals surface area (Å²) in [5.41, 5.74) is 5.78. The number of nitriles is 1. The van der Waals surface area contributed by atoms with Crippen LogP contribution < -0.4 is 23.8 Å². The summed E-state index contributed by atoms with van der Waals surface area (Å²) in [4.78, 5) is 17.0. The maximum Gasteiger partial charge on any atom is 0.346 e. The van der Waals surface area contributed by atoms with E-state index in [0.29, 0.717) is 54.3 Å². The first kappa shape index (κ1) is 26.4. The van der Waals surface area contributed by atoms with Gasteiger partial charge in [-0.1, -0.05) is 24.3 Å². The van der Waals surface area contributed by atoms with E-state index >= 15 is 0 Å². The number of aryl methyl sites for hydroxylation is 2. The number of rotatable bonds is 5. The lowest BCUT2D eigenvalue weighted by atomic mass is 10.0. The molecule has 3 aliphatic heterocycles. The third-order valence-electron chi connectivity index (χ3n) is 7.55. The average Bonchev–Trinajstić information content (AvgIpc) is 3.53. The topological polar surface area (TPSA) is 101 Å². The van der Waals surface area contributed by atoms with Crippen molar-refractivity contribution in [3.63, 3.8) is 0 Å². The molecular formula is C32H26N2O6S2. The number of hydrogen-bond donors (Lipinski definition) is 1. The van der Waals surface area contributed by atoms with Gasteiger partial charge in [-0.15, -0.1) is 22.7 Å². The Morgan fingerprint density at radius 2 is 1.50 bits per heavy atom. The van der Waals surface area contributed by atoms with Crippen LogP contribution in [0.3, 0.4) is 0 Å². The summed E-state index contributed by atoms with van der Waals surface area (Å²) in [6.07, 6.45) is 3.23. The minimum absolute atomic E-state index is 0.333. The Morgan fingerprint density at radius 1 is 0.881 bits per heavy atom. The van der Waals surface area contributed by atoms with E-state index in [4.69, 9.17) is 18.9 Å². The van der Waals surface area contributed by atoms with Gasteiger partial charge in [0, 0.05) is 17.9 Å². The molecule has 2 aromatic carbocycles. The molecule has 0 unspecified atom stereocenters. The van der Waals surface area contributed by atoms with Crippen LogP contribution in [0.2, 0.25) is 0 Å². The first-order valence-corrected chi connectivity index (χ1v) is 15.4. The smallest absolute Gasteiger partial charge is 0.346 e. The maximum absolute atomic E-state index is 11.6. The van der Waals surface area contributed by atoms with Crippen molar-refractivity contribution in [3.8, 4) is 49.3 Å². The molecule has 0 radical (unpaired) electrons. The van der Waals surface area contributed by atoms with Crippen LogP contribution in [0.4, 0.5) is 11.4 Å². The third-order valence-corrected chi connectivity index (χ3v) is 10.0. The lowest BCUT2D eigenvalue weighted by Gasteiger charge is -2.25. The highest BCUT2D eigenvalue weighted by atomic mass is 32.1. The SMILES string of the molecule is CCN1c2ccccc2CCc2cc(-c3sc(-c4sc(/C=C(\C#N)C(=O)O)c5c4OCCO5)c4c3OCCO4)ccc21. The molecule has 8 nitrogen and oxygen atoms in total. The number of carbonyl (C=O) groups is 1. The van der Waals surface area contributed by atoms with Gasteiger partial charge in [-0.25, -0.2) is 4.79 Å². The molecule has 2 aromatic heterocycles. The predicted octanol–water partition coefficient (Wildman–Crippen LogP) is 6.93. The van der Waals surface area contributed by atoms with E-state index < -0.39 is 5.97 Å². The number of thiophene rings is 2. The zero-order chi connectivity index (χ0) is 28.8. The van der Waals surface area contributed by atoms with E-state index in [0.717, 1.165) is 39.6 Å². The fraction of sp³-hybridized carbons (Fsp3) is 0.250. The largest absolute Gasteiger partial charge is 0.485 e. The predicted molar refractivity (Wildman–Crippen MR) is 163 cm³/mol. The second-order valence-electron chi connectivity index (χ2n) is 9.96. The van der Waals surface area contributed by atoms with Crippen LogP contribution in [0.1, 0.15) is 22.9 Å². The molecule has 0 aliphatic carbocycles. The van der Waals surface area contributed by atoms with Crippen LogP contribution in [0.5, 0.6) is 23.0 Å². The molecule has 10 heteroatoms. The van der Waals surface area contributed by atoms with Gasteiger partial charge in [0.05, 0.1) is 19.5 Å². The first-order valence-electron chi connectivity index (χ1n) is 13.8. The Labute approximate surface area is 250 Å². The van der Waals surface area contributed by atoms with Gasteiger partial charge in [-0.3, -0.25) is 0 Å². The number of hydrogen-bond acceptors (Lipinski definition) is 9. The molecule has 0 bridgehead atoms. The molecule has 5 heterocycles. The van der Waals surface area contributed by atoms with E-state index in [1.165, 1.54) is 39.9 Å². The van der Waals surface area contributed by atoms with Gasteiger partial charge in [0.2, 0.25) is 0 Å². The molecule has 7 rings (SSSR count). The summed E-state index contributed by atoms with van der Waals surface area (Å²) in [5.74, 6) is 1.03. The summed E-state index contributed by atoms with van der Waals surface area (Å²) in [7, 11) is 0. The van der Waals surface area contributed by atoms with Crippen LogP contribution in [-0.2, 0) is 17.6 Å². The Bertz CT molecular complexity index is 1800. The second kappa shape index (κ2) is 10.7. The second-order valence-corrected chi connectivity index (χ2v) is 12.0. The highest BCUT2D eigenvalue weighted by Crippen LogP contribution is 2.60. The molecule has 0 saturated carbocycles. The van der Waals surface area contributed by atoms with Gasteiger partial charge in [-0.2, -0.15) is 5.26 Å². The fourth-order valence-corrected chi connectivity index (χ4v) is 8.14. The Kier molecular flexibility index (Phi) is 6.76. The van der Waals surface area contributed by atoms with Gasteiger partial charge in [0.15, 0.2) is 23.0 Å². The normalized spacial score (nSPS) is 15.3. The van der Waals surface area contributed by atoms with Crippen molar-refractivity contribution in [2.75, 3.05) is 37.9 Å².